The van der Waals surface area contributed by atoms with Gasteiger partial charge in [0.1, 0.15) is 18.0 Å². The number of carbonyl (C=O) groups is 2. The lowest BCUT2D eigenvalue weighted by Crippen LogP contribution is -2.38. The Bertz CT molecular complexity index is 1760. The zero-order valence-corrected chi connectivity index (χ0v) is 26.4. The van der Waals surface area contributed by atoms with Gasteiger partial charge in [-0.05, 0) is 48.9 Å². The molecule has 0 aromatic heterocycles. The van der Waals surface area contributed by atoms with Gasteiger partial charge in [0.05, 0.1) is 56.3 Å². The Hall–Kier alpha value is -5.23. The van der Waals surface area contributed by atoms with Crippen molar-refractivity contribution in [2.45, 2.75) is 17.9 Å². The fraction of sp³-hybridized carbons (Fsp3) is 0.212. The molecule has 2 amide bonds. The van der Waals surface area contributed by atoms with Crippen LogP contribution in [-0.2, 0) is 14.8 Å². The van der Waals surface area contributed by atoms with E-state index >= 15 is 0 Å². The summed E-state index contributed by atoms with van der Waals surface area (Å²) < 4.78 is 50.6. The molecule has 1 atom stereocenters. The third-order valence-electron chi connectivity index (χ3n) is 6.98. The van der Waals surface area contributed by atoms with E-state index in [0.29, 0.717) is 11.5 Å². The Morgan fingerprint density at radius 2 is 1.40 bits per heavy atom. The molecular weight excluding hydrogens is 598 g/mol. The number of nitrogens with one attached hydrogen (secondary N) is 2. The highest BCUT2D eigenvalue weighted by molar-refractivity contribution is 7.92. The molecule has 4 aromatic carbocycles. The summed E-state index contributed by atoms with van der Waals surface area (Å²) in [6.45, 7) is 1.18. The number of amides is 2. The molecule has 0 aliphatic rings. The van der Waals surface area contributed by atoms with Crippen LogP contribution in [0, 0.1) is 0 Å². The number of hydrogen-bond donors (Lipinski definition) is 2. The van der Waals surface area contributed by atoms with E-state index in [0.717, 1.165) is 9.87 Å². The average molecular weight is 634 g/mol. The van der Waals surface area contributed by atoms with E-state index < -0.39 is 28.4 Å². The largest absolute Gasteiger partial charge is 0.497 e. The lowest BCUT2D eigenvalue weighted by molar-refractivity contribution is -0.114. The fourth-order valence-corrected chi connectivity index (χ4v) is 6.04. The smallest absolute Gasteiger partial charge is 0.265 e. The van der Waals surface area contributed by atoms with Gasteiger partial charge in [-0.15, -0.1) is 0 Å². The molecule has 0 fully saturated rings. The first-order chi connectivity index (χ1) is 21.6. The van der Waals surface area contributed by atoms with Gasteiger partial charge in [0, 0.05) is 12.1 Å². The quantitative estimate of drug-likeness (QED) is 0.209. The normalized spacial score (nSPS) is 11.6. The predicted molar refractivity (Wildman–Crippen MR) is 171 cm³/mol. The van der Waals surface area contributed by atoms with Crippen molar-refractivity contribution in [1.82, 2.24) is 5.32 Å². The summed E-state index contributed by atoms with van der Waals surface area (Å²) in [5.74, 6) is -0.0798. The number of para-hydroxylation sites is 1. The maximum atomic E-state index is 14.2. The van der Waals surface area contributed by atoms with Crippen LogP contribution in [0.1, 0.15) is 28.9 Å². The van der Waals surface area contributed by atoms with Gasteiger partial charge in [-0.25, -0.2) is 8.42 Å². The van der Waals surface area contributed by atoms with Crippen LogP contribution in [-0.4, -0.2) is 55.2 Å². The van der Waals surface area contributed by atoms with Crippen LogP contribution in [0.2, 0.25) is 0 Å². The van der Waals surface area contributed by atoms with Crippen LogP contribution in [0.5, 0.6) is 23.0 Å². The van der Waals surface area contributed by atoms with Crippen molar-refractivity contribution in [3.05, 3.63) is 102 Å². The van der Waals surface area contributed by atoms with Gasteiger partial charge in [0.25, 0.3) is 15.9 Å². The molecule has 12 heteroatoms. The van der Waals surface area contributed by atoms with Gasteiger partial charge in [-0.3, -0.25) is 13.9 Å². The first kappa shape index (κ1) is 32.7. The Labute approximate surface area is 262 Å². The number of ether oxygens (including phenoxy) is 4. The number of anilines is 2. The van der Waals surface area contributed by atoms with E-state index in [-0.39, 0.29) is 39.4 Å². The van der Waals surface area contributed by atoms with E-state index in [1.54, 1.807) is 30.3 Å². The van der Waals surface area contributed by atoms with Crippen molar-refractivity contribution in [2.24, 2.45) is 0 Å². The van der Waals surface area contributed by atoms with Crippen molar-refractivity contribution in [3.63, 3.8) is 0 Å². The van der Waals surface area contributed by atoms with Crippen molar-refractivity contribution >= 4 is 33.2 Å². The average Bonchev–Trinajstić information content (AvgIpc) is 3.06. The molecule has 236 valence electrons. The van der Waals surface area contributed by atoms with Crippen molar-refractivity contribution < 1.29 is 37.0 Å². The van der Waals surface area contributed by atoms with Crippen molar-refractivity contribution in [3.8, 4) is 23.0 Å². The highest BCUT2D eigenvalue weighted by atomic mass is 32.2. The van der Waals surface area contributed by atoms with Crippen LogP contribution in [0.4, 0.5) is 11.4 Å². The lowest BCUT2D eigenvalue weighted by atomic mass is 10.1. The number of benzene rings is 4. The summed E-state index contributed by atoms with van der Waals surface area (Å²) in [5.41, 5.74) is 1.39. The van der Waals surface area contributed by atoms with Crippen LogP contribution >= 0.6 is 0 Å². The minimum Gasteiger partial charge on any atom is -0.497 e. The molecule has 2 N–H and O–H groups in total. The van der Waals surface area contributed by atoms with Crippen LogP contribution in [0.15, 0.2) is 95.9 Å². The molecule has 0 aliphatic heterocycles. The summed E-state index contributed by atoms with van der Waals surface area (Å²) in [7, 11) is 1.24. The Kier molecular flexibility index (Phi) is 10.5. The van der Waals surface area contributed by atoms with E-state index in [4.69, 9.17) is 18.9 Å². The Morgan fingerprint density at radius 1 is 0.756 bits per heavy atom. The van der Waals surface area contributed by atoms with Crippen molar-refractivity contribution in [1.29, 1.82) is 0 Å². The van der Waals surface area contributed by atoms with Gasteiger partial charge in [0.15, 0.2) is 11.5 Å². The first-order valence-electron chi connectivity index (χ1n) is 13.8. The third-order valence-corrected chi connectivity index (χ3v) is 8.73. The van der Waals surface area contributed by atoms with Crippen LogP contribution in [0.3, 0.4) is 0 Å². The van der Waals surface area contributed by atoms with Gasteiger partial charge in [-0.1, -0.05) is 42.5 Å². The Morgan fingerprint density at radius 3 is 2.07 bits per heavy atom. The summed E-state index contributed by atoms with van der Waals surface area (Å²) >= 11 is 0. The fourth-order valence-electron chi connectivity index (χ4n) is 4.61. The number of hydrogen-bond acceptors (Lipinski definition) is 8. The minimum absolute atomic E-state index is 0.0597. The van der Waals surface area contributed by atoms with E-state index in [9.17, 15) is 18.0 Å². The predicted octanol–water partition coefficient (Wildman–Crippen LogP) is 5.05. The highest BCUT2D eigenvalue weighted by Crippen LogP contribution is 2.37. The maximum Gasteiger partial charge on any atom is 0.265 e. The van der Waals surface area contributed by atoms with Crippen molar-refractivity contribution in [2.75, 3.05) is 44.6 Å². The molecule has 0 spiro atoms. The molecule has 0 heterocycles. The molecule has 0 saturated carbocycles. The Balaban J connectivity index is 1.69. The SMILES string of the molecule is COc1ccc(OC)c(N(CC(=O)Nc2ccccc2C(=O)N[C@@H](C)c2ccccc2)S(=O)(=O)c2ccc(OC)c(OC)c2)c1. The van der Waals surface area contributed by atoms with E-state index in [1.165, 1.54) is 58.8 Å². The molecule has 0 aliphatic carbocycles. The molecule has 0 bridgehead atoms. The zero-order chi connectivity index (χ0) is 32.6. The van der Waals surface area contributed by atoms with Gasteiger partial charge in [-0.2, -0.15) is 0 Å². The van der Waals surface area contributed by atoms with E-state index in [2.05, 4.69) is 10.6 Å². The molecule has 11 nitrogen and oxygen atoms in total. The zero-order valence-electron chi connectivity index (χ0n) is 25.6. The summed E-state index contributed by atoms with van der Waals surface area (Å²) in [6.07, 6.45) is 0. The summed E-state index contributed by atoms with van der Waals surface area (Å²) in [6, 6.07) is 24.3. The van der Waals surface area contributed by atoms with Gasteiger partial charge >= 0.3 is 0 Å². The molecule has 4 rings (SSSR count). The lowest BCUT2D eigenvalue weighted by Gasteiger charge is -2.26. The third kappa shape index (κ3) is 7.47. The molecule has 45 heavy (non-hydrogen) atoms. The monoisotopic (exact) mass is 633 g/mol. The summed E-state index contributed by atoms with van der Waals surface area (Å²) in [4.78, 5) is 26.7. The standard InChI is InChI=1S/C33H35N3O8S/c1-22(23-11-7-6-8-12-23)34-33(38)26-13-9-10-14-27(26)35-32(37)21-36(28-19-24(41-2)15-17-29(28)42-3)45(39,40)25-16-18-30(43-4)31(20-25)44-5/h6-20,22H,21H2,1-5H3,(H,34,38)(H,35,37)/t22-/m0/s1. The highest BCUT2D eigenvalue weighted by Gasteiger charge is 2.31. The number of rotatable bonds is 13. The van der Waals surface area contributed by atoms with Gasteiger partial charge < -0.3 is 29.6 Å². The topological polar surface area (TPSA) is 132 Å². The number of methoxy groups -OCH3 is 4. The van der Waals surface area contributed by atoms with Gasteiger partial charge in [0.2, 0.25) is 5.91 Å². The molecule has 4 aromatic rings. The molecule has 0 radical (unpaired) electrons. The van der Waals surface area contributed by atoms with Crippen LogP contribution < -0.4 is 33.9 Å². The number of carbonyl (C=O) groups excluding carboxylic acids is 2. The first-order valence-corrected chi connectivity index (χ1v) is 15.3. The maximum absolute atomic E-state index is 14.2. The molecule has 0 saturated heterocycles. The molecule has 0 unspecified atom stereocenters. The number of sulfonamides is 1. The van der Waals surface area contributed by atoms with E-state index in [1.807, 2.05) is 37.3 Å². The second kappa shape index (κ2) is 14.5. The minimum atomic E-state index is -4.41. The van der Waals surface area contributed by atoms with Crippen LogP contribution in [0.25, 0.3) is 0 Å². The number of nitrogens with zero attached hydrogens (tertiary/aromatic N) is 1. The summed E-state index contributed by atoms with van der Waals surface area (Å²) in [5, 5.41) is 5.65. The second-order valence-corrected chi connectivity index (χ2v) is 11.6. The second-order valence-electron chi connectivity index (χ2n) is 9.77. The molecular formula is C33H35N3O8S.